The minimum absolute atomic E-state index is 0.121. The first-order chi connectivity index (χ1) is 9.11. The summed E-state index contributed by atoms with van der Waals surface area (Å²) in [4.78, 5) is 12.2. The Bertz CT molecular complexity index is 569. The quantitative estimate of drug-likeness (QED) is 0.909. The standard InChI is InChI=1S/C13H14BrN3O2/c1-8(9-6-15-16-7-9)17-13(18)11-5-10(19-2)3-4-12(11)14/h3-8H,1-2H3,(H,15,16)(H,17,18). The molecule has 0 bridgehead atoms. The van der Waals surface area contributed by atoms with Crippen LogP contribution in [0.4, 0.5) is 0 Å². The largest absolute Gasteiger partial charge is 0.497 e. The fraction of sp³-hybridized carbons (Fsp3) is 0.231. The van der Waals surface area contributed by atoms with Crippen LogP contribution in [0.2, 0.25) is 0 Å². The molecule has 1 aromatic carbocycles. The number of rotatable bonds is 4. The second-order valence-electron chi connectivity index (χ2n) is 4.07. The summed E-state index contributed by atoms with van der Waals surface area (Å²) >= 11 is 3.36. The SMILES string of the molecule is COc1ccc(Br)c(C(=O)NC(C)c2cn[nH]c2)c1. The van der Waals surface area contributed by atoms with Crippen LogP contribution < -0.4 is 10.1 Å². The van der Waals surface area contributed by atoms with Gasteiger partial charge in [-0.25, -0.2) is 0 Å². The van der Waals surface area contributed by atoms with Crippen molar-refractivity contribution < 1.29 is 9.53 Å². The molecule has 2 N–H and O–H groups in total. The van der Waals surface area contributed by atoms with Gasteiger partial charge >= 0.3 is 0 Å². The molecule has 0 saturated heterocycles. The van der Waals surface area contributed by atoms with E-state index in [0.717, 1.165) is 10.0 Å². The Morgan fingerprint density at radius 2 is 2.32 bits per heavy atom. The van der Waals surface area contributed by atoms with Gasteiger partial charge in [0.25, 0.3) is 5.91 Å². The maximum Gasteiger partial charge on any atom is 0.253 e. The summed E-state index contributed by atoms with van der Waals surface area (Å²) in [6.07, 6.45) is 3.44. The summed E-state index contributed by atoms with van der Waals surface area (Å²) < 4.78 is 5.85. The van der Waals surface area contributed by atoms with Crippen LogP contribution >= 0.6 is 15.9 Å². The Hall–Kier alpha value is -1.82. The van der Waals surface area contributed by atoms with Crippen molar-refractivity contribution in [3.8, 4) is 5.75 Å². The number of methoxy groups -OCH3 is 1. The Kier molecular flexibility index (Phi) is 4.21. The molecule has 19 heavy (non-hydrogen) atoms. The molecule has 0 saturated carbocycles. The number of hydrogen-bond acceptors (Lipinski definition) is 3. The first-order valence-electron chi connectivity index (χ1n) is 5.75. The van der Waals surface area contributed by atoms with E-state index in [4.69, 9.17) is 4.74 Å². The number of aromatic nitrogens is 2. The topological polar surface area (TPSA) is 67.0 Å². The van der Waals surface area contributed by atoms with Crippen LogP contribution in [-0.4, -0.2) is 23.2 Å². The molecule has 1 aromatic heterocycles. The molecule has 0 spiro atoms. The highest BCUT2D eigenvalue weighted by atomic mass is 79.9. The highest BCUT2D eigenvalue weighted by molar-refractivity contribution is 9.10. The van der Waals surface area contributed by atoms with Crippen molar-refractivity contribution >= 4 is 21.8 Å². The first-order valence-corrected chi connectivity index (χ1v) is 6.54. The van der Waals surface area contributed by atoms with Gasteiger partial charge in [-0.1, -0.05) is 0 Å². The number of halogens is 1. The lowest BCUT2D eigenvalue weighted by atomic mass is 10.1. The molecule has 5 nitrogen and oxygen atoms in total. The van der Waals surface area contributed by atoms with Gasteiger partial charge in [-0.3, -0.25) is 9.89 Å². The molecule has 6 heteroatoms. The van der Waals surface area contributed by atoms with E-state index >= 15 is 0 Å². The third-order valence-corrected chi connectivity index (χ3v) is 3.48. The molecule has 0 aliphatic rings. The summed E-state index contributed by atoms with van der Waals surface area (Å²) in [5.41, 5.74) is 1.46. The summed E-state index contributed by atoms with van der Waals surface area (Å²) in [5, 5.41) is 9.49. The second kappa shape index (κ2) is 5.88. The van der Waals surface area contributed by atoms with Crippen LogP contribution in [-0.2, 0) is 0 Å². The number of amides is 1. The summed E-state index contributed by atoms with van der Waals surface area (Å²) in [6.45, 7) is 1.90. The lowest BCUT2D eigenvalue weighted by Crippen LogP contribution is -2.26. The highest BCUT2D eigenvalue weighted by Crippen LogP contribution is 2.23. The van der Waals surface area contributed by atoms with Gasteiger partial charge in [0.2, 0.25) is 0 Å². The average molecular weight is 324 g/mol. The fourth-order valence-electron chi connectivity index (χ4n) is 1.66. The minimum atomic E-state index is -0.167. The molecule has 2 rings (SSSR count). The number of benzene rings is 1. The number of carbonyl (C=O) groups excluding carboxylic acids is 1. The molecule has 1 atom stereocenters. The van der Waals surface area contributed by atoms with Gasteiger partial charge in [-0.05, 0) is 41.1 Å². The van der Waals surface area contributed by atoms with Gasteiger partial charge in [0, 0.05) is 16.2 Å². The van der Waals surface area contributed by atoms with Crippen molar-refractivity contribution in [1.29, 1.82) is 0 Å². The van der Waals surface area contributed by atoms with Crippen molar-refractivity contribution in [3.05, 3.63) is 46.2 Å². The number of nitrogens with zero attached hydrogens (tertiary/aromatic N) is 1. The van der Waals surface area contributed by atoms with Gasteiger partial charge in [0.05, 0.1) is 24.9 Å². The van der Waals surface area contributed by atoms with Crippen LogP contribution in [0.5, 0.6) is 5.75 Å². The smallest absolute Gasteiger partial charge is 0.253 e. The molecule has 1 amide bonds. The van der Waals surface area contributed by atoms with E-state index in [1.54, 1.807) is 37.7 Å². The van der Waals surface area contributed by atoms with E-state index in [2.05, 4.69) is 31.4 Å². The van der Waals surface area contributed by atoms with Crippen LogP contribution in [0.25, 0.3) is 0 Å². The maximum atomic E-state index is 12.2. The predicted molar refractivity (Wildman–Crippen MR) is 75.2 cm³/mol. The van der Waals surface area contributed by atoms with Crippen molar-refractivity contribution in [2.45, 2.75) is 13.0 Å². The third-order valence-electron chi connectivity index (χ3n) is 2.79. The molecule has 0 aliphatic carbocycles. The molecule has 100 valence electrons. The molecule has 0 radical (unpaired) electrons. The normalized spacial score (nSPS) is 11.9. The van der Waals surface area contributed by atoms with E-state index in [-0.39, 0.29) is 11.9 Å². The number of aromatic amines is 1. The average Bonchev–Trinajstić information content (AvgIpc) is 2.93. The molecule has 1 heterocycles. The molecular weight excluding hydrogens is 310 g/mol. The van der Waals surface area contributed by atoms with Crippen molar-refractivity contribution in [3.63, 3.8) is 0 Å². The van der Waals surface area contributed by atoms with Crippen LogP contribution in [0.3, 0.4) is 0 Å². The summed E-state index contributed by atoms with van der Waals surface area (Å²) in [7, 11) is 1.57. The molecule has 1 unspecified atom stereocenters. The summed E-state index contributed by atoms with van der Waals surface area (Å²) in [6, 6.07) is 5.15. The van der Waals surface area contributed by atoms with Crippen LogP contribution in [0.1, 0.15) is 28.9 Å². The molecule has 0 aliphatic heterocycles. The lowest BCUT2D eigenvalue weighted by Gasteiger charge is -2.13. The highest BCUT2D eigenvalue weighted by Gasteiger charge is 2.15. The minimum Gasteiger partial charge on any atom is -0.497 e. The van der Waals surface area contributed by atoms with E-state index < -0.39 is 0 Å². The van der Waals surface area contributed by atoms with E-state index in [0.29, 0.717) is 11.3 Å². The van der Waals surface area contributed by atoms with Gasteiger partial charge in [-0.15, -0.1) is 0 Å². The Morgan fingerprint density at radius 3 is 2.95 bits per heavy atom. The van der Waals surface area contributed by atoms with Crippen molar-refractivity contribution in [1.82, 2.24) is 15.5 Å². The van der Waals surface area contributed by atoms with Gasteiger partial charge in [0.15, 0.2) is 0 Å². The maximum absolute atomic E-state index is 12.2. The number of nitrogens with one attached hydrogen (secondary N) is 2. The van der Waals surface area contributed by atoms with Gasteiger partial charge < -0.3 is 10.1 Å². The van der Waals surface area contributed by atoms with Gasteiger partial charge in [-0.2, -0.15) is 5.10 Å². The van der Waals surface area contributed by atoms with Crippen molar-refractivity contribution in [2.75, 3.05) is 7.11 Å². The number of carbonyl (C=O) groups is 1. The zero-order valence-corrected chi connectivity index (χ0v) is 12.2. The summed E-state index contributed by atoms with van der Waals surface area (Å²) in [5.74, 6) is 0.476. The zero-order chi connectivity index (χ0) is 13.8. The Labute approximate surface area is 119 Å². The van der Waals surface area contributed by atoms with E-state index in [1.165, 1.54) is 0 Å². The van der Waals surface area contributed by atoms with Gasteiger partial charge in [0.1, 0.15) is 5.75 Å². The molecule has 0 fully saturated rings. The van der Waals surface area contributed by atoms with Crippen molar-refractivity contribution in [2.24, 2.45) is 0 Å². The Balaban J connectivity index is 2.16. The monoisotopic (exact) mass is 323 g/mol. The second-order valence-corrected chi connectivity index (χ2v) is 4.93. The Morgan fingerprint density at radius 1 is 1.53 bits per heavy atom. The van der Waals surface area contributed by atoms with E-state index in [1.807, 2.05) is 6.92 Å². The van der Waals surface area contributed by atoms with Crippen LogP contribution in [0, 0.1) is 0 Å². The van der Waals surface area contributed by atoms with E-state index in [9.17, 15) is 4.79 Å². The molecular formula is C13H14BrN3O2. The number of ether oxygens (including phenoxy) is 1. The molecule has 2 aromatic rings. The number of hydrogen-bond donors (Lipinski definition) is 2. The fourth-order valence-corrected chi connectivity index (χ4v) is 2.09. The predicted octanol–water partition coefficient (Wildman–Crippen LogP) is 2.67. The third kappa shape index (κ3) is 3.14. The zero-order valence-electron chi connectivity index (χ0n) is 10.6. The van der Waals surface area contributed by atoms with Crippen LogP contribution in [0.15, 0.2) is 35.1 Å². The first kappa shape index (κ1) is 13.6. The number of H-pyrrole nitrogens is 1. The lowest BCUT2D eigenvalue weighted by molar-refractivity contribution is 0.0939.